The molecule has 0 aliphatic carbocycles. The van der Waals surface area contributed by atoms with Crippen molar-refractivity contribution in [2.24, 2.45) is 0 Å². The Morgan fingerprint density at radius 1 is 1.05 bits per heavy atom. The molecule has 0 aliphatic rings. The summed E-state index contributed by atoms with van der Waals surface area (Å²) in [5.41, 5.74) is 4.83. The summed E-state index contributed by atoms with van der Waals surface area (Å²) >= 11 is 3.45. The molecule has 0 saturated heterocycles. The van der Waals surface area contributed by atoms with Gasteiger partial charge >= 0.3 is 0 Å². The smallest absolute Gasteiger partial charge is 0.0927 e. The molecule has 0 aliphatic heterocycles. The van der Waals surface area contributed by atoms with E-state index < -0.39 is 0 Å². The summed E-state index contributed by atoms with van der Waals surface area (Å²) in [6, 6.07) is 14.0. The van der Waals surface area contributed by atoms with Crippen LogP contribution in [0.3, 0.4) is 0 Å². The van der Waals surface area contributed by atoms with Crippen LogP contribution in [0, 0.1) is 0 Å². The van der Waals surface area contributed by atoms with Crippen molar-refractivity contribution in [3.8, 4) is 22.6 Å². The maximum absolute atomic E-state index is 4.35. The molecule has 0 radical (unpaired) electrons. The van der Waals surface area contributed by atoms with Crippen LogP contribution in [0.5, 0.6) is 0 Å². The summed E-state index contributed by atoms with van der Waals surface area (Å²) in [7, 11) is 1.90. The summed E-state index contributed by atoms with van der Waals surface area (Å²) < 4.78 is 0.997. The average molecular weight is 329 g/mol. The van der Waals surface area contributed by atoms with Gasteiger partial charge in [-0.1, -0.05) is 28.1 Å². The van der Waals surface area contributed by atoms with Gasteiger partial charge in [-0.25, -0.2) is 0 Å². The van der Waals surface area contributed by atoms with Crippen molar-refractivity contribution in [1.82, 2.24) is 15.2 Å². The molecule has 0 bridgehead atoms. The van der Waals surface area contributed by atoms with Gasteiger partial charge in [-0.2, -0.15) is 5.10 Å². The van der Waals surface area contributed by atoms with E-state index in [4.69, 9.17) is 0 Å². The fourth-order valence-electron chi connectivity index (χ4n) is 1.96. The number of aromatic amines is 1. The van der Waals surface area contributed by atoms with E-state index in [1.807, 2.05) is 49.5 Å². The Hall–Kier alpha value is -2.14. The molecule has 3 rings (SSSR count). The van der Waals surface area contributed by atoms with Crippen molar-refractivity contribution in [3.63, 3.8) is 0 Å². The number of nitrogens with one attached hydrogen (secondary N) is 2. The number of hydrogen-bond donors (Lipinski definition) is 2. The molecule has 2 heterocycles. The molecule has 1 aromatic carbocycles. The largest absolute Gasteiger partial charge is 0.388 e. The third-order valence-corrected chi connectivity index (χ3v) is 3.54. The predicted octanol–water partition coefficient (Wildman–Crippen LogP) is 3.94. The molecule has 2 N–H and O–H groups in total. The fraction of sp³-hybridized carbons (Fsp3) is 0.0667. The summed E-state index contributed by atoms with van der Waals surface area (Å²) in [5, 5.41) is 10.5. The quantitative estimate of drug-likeness (QED) is 0.765. The molecule has 100 valence electrons. The van der Waals surface area contributed by atoms with Crippen molar-refractivity contribution in [2.75, 3.05) is 12.4 Å². The first-order chi connectivity index (χ1) is 9.76. The van der Waals surface area contributed by atoms with E-state index in [-0.39, 0.29) is 0 Å². The predicted molar refractivity (Wildman–Crippen MR) is 84.5 cm³/mol. The van der Waals surface area contributed by atoms with Crippen molar-refractivity contribution in [1.29, 1.82) is 0 Å². The summed E-state index contributed by atoms with van der Waals surface area (Å²) in [6.45, 7) is 0. The highest BCUT2D eigenvalue weighted by atomic mass is 79.9. The van der Waals surface area contributed by atoms with E-state index in [0.717, 1.165) is 32.8 Å². The number of anilines is 1. The van der Waals surface area contributed by atoms with Gasteiger partial charge in [0.05, 0.1) is 17.1 Å². The van der Waals surface area contributed by atoms with Gasteiger partial charge in [0.2, 0.25) is 0 Å². The lowest BCUT2D eigenvalue weighted by molar-refractivity contribution is 1.09. The number of benzene rings is 1. The second-order valence-electron chi connectivity index (χ2n) is 4.35. The van der Waals surface area contributed by atoms with Crippen LogP contribution in [0.2, 0.25) is 0 Å². The second-order valence-corrected chi connectivity index (χ2v) is 5.27. The van der Waals surface area contributed by atoms with E-state index in [2.05, 4.69) is 36.4 Å². The van der Waals surface area contributed by atoms with Crippen LogP contribution in [0.4, 0.5) is 5.69 Å². The lowest BCUT2D eigenvalue weighted by Gasteiger charge is -2.00. The van der Waals surface area contributed by atoms with E-state index in [9.17, 15) is 0 Å². The normalized spacial score (nSPS) is 10.5. The van der Waals surface area contributed by atoms with Crippen LogP contribution in [0.1, 0.15) is 0 Å². The minimum absolute atomic E-state index is 0.866. The zero-order chi connectivity index (χ0) is 13.9. The topological polar surface area (TPSA) is 53.6 Å². The number of rotatable bonds is 3. The van der Waals surface area contributed by atoms with Crippen molar-refractivity contribution in [2.45, 2.75) is 0 Å². The number of pyridine rings is 1. The first-order valence-corrected chi connectivity index (χ1v) is 7.01. The molecule has 0 fully saturated rings. The fourth-order valence-corrected chi connectivity index (χ4v) is 2.30. The maximum Gasteiger partial charge on any atom is 0.0927 e. The molecule has 0 atom stereocenters. The molecular weight excluding hydrogens is 316 g/mol. The Balaban J connectivity index is 1.93. The highest BCUT2D eigenvalue weighted by Crippen LogP contribution is 2.25. The van der Waals surface area contributed by atoms with Crippen LogP contribution in [-0.2, 0) is 0 Å². The molecule has 2 aromatic heterocycles. The van der Waals surface area contributed by atoms with Gasteiger partial charge in [-0.15, -0.1) is 0 Å². The molecule has 20 heavy (non-hydrogen) atoms. The first kappa shape index (κ1) is 12.9. The van der Waals surface area contributed by atoms with E-state index in [0.29, 0.717) is 0 Å². The van der Waals surface area contributed by atoms with E-state index in [1.54, 1.807) is 6.20 Å². The minimum Gasteiger partial charge on any atom is -0.388 e. The van der Waals surface area contributed by atoms with Gasteiger partial charge in [0.15, 0.2) is 0 Å². The first-order valence-electron chi connectivity index (χ1n) is 6.22. The summed E-state index contributed by atoms with van der Waals surface area (Å²) in [4.78, 5) is 4.33. The van der Waals surface area contributed by atoms with Crippen LogP contribution in [-0.4, -0.2) is 22.2 Å². The average Bonchev–Trinajstić information content (AvgIpc) is 2.97. The molecule has 0 amide bonds. The number of H-pyrrole nitrogens is 1. The summed E-state index contributed by atoms with van der Waals surface area (Å²) in [5.74, 6) is 0. The summed E-state index contributed by atoms with van der Waals surface area (Å²) in [6.07, 6.45) is 1.77. The van der Waals surface area contributed by atoms with Gasteiger partial charge in [-0.3, -0.25) is 10.1 Å². The Bertz CT molecular complexity index is 719. The molecule has 0 saturated carbocycles. The Labute approximate surface area is 125 Å². The Morgan fingerprint density at radius 2 is 1.85 bits per heavy atom. The second kappa shape index (κ2) is 5.46. The van der Waals surface area contributed by atoms with Crippen LogP contribution in [0.25, 0.3) is 22.6 Å². The van der Waals surface area contributed by atoms with Crippen molar-refractivity contribution >= 4 is 21.6 Å². The molecule has 5 heteroatoms. The SMILES string of the molecule is CNc1ccc(-c2cc(-c3cc(Br)ccn3)[nH]n2)cc1. The van der Waals surface area contributed by atoms with Crippen LogP contribution >= 0.6 is 15.9 Å². The lowest BCUT2D eigenvalue weighted by atomic mass is 10.1. The number of hydrogen-bond acceptors (Lipinski definition) is 3. The molecule has 3 aromatic rings. The minimum atomic E-state index is 0.866. The van der Waals surface area contributed by atoms with E-state index >= 15 is 0 Å². The zero-order valence-corrected chi connectivity index (χ0v) is 12.5. The molecule has 0 unspecified atom stereocenters. The molecular formula is C15H13BrN4. The number of halogens is 1. The highest BCUT2D eigenvalue weighted by Gasteiger charge is 2.07. The van der Waals surface area contributed by atoms with Gasteiger partial charge in [-0.05, 0) is 30.3 Å². The Morgan fingerprint density at radius 3 is 2.55 bits per heavy atom. The van der Waals surface area contributed by atoms with E-state index in [1.165, 1.54) is 0 Å². The maximum atomic E-state index is 4.35. The van der Waals surface area contributed by atoms with Gasteiger partial charge in [0, 0.05) is 29.0 Å². The standard InChI is InChI=1S/C15H13BrN4/c1-17-12-4-2-10(3-5-12)13-9-15(20-19-13)14-8-11(16)6-7-18-14/h2-9,17H,1H3,(H,19,20). The highest BCUT2D eigenvalue weighted by molar-refractivity contribution is 9.10. The van der Waals surface area contributed by atoms with Crippen LogP contribution < -0.4 is 5.32 Å². The third-order valence-electron chi connectivity index (χ3n) is 3.05. The monoisotopic (exact) mass is 328 g/mol. The Kier molecular flexibility index (Phi) is 3.52. The lowest BCUT2D eigenvalue weighted by Crippen LogP contribution is -1.86. The van der Waals surface area contributed by atoms with Gasteiger partial charge < -0.3 is 5.32 Å². The molecule has 0 spiro atoms. The zero-order valence-electron chi connectivity index (χ0n) is 10.9. The third kappa shape index (κ3) is 2.58. The van der Waals surface area contributed by atoms with Crippen LogP contribution in [0.15, 0.2) is 53.1 Å². The van der Waals surface area contributed by atoms with Crippen molar-refractivity contribution < 1.29 is 0 Å². The van der Waals surface area contributed by atoms with Gasteiger partial charge in [0.1, 0.15) is 0 Å². The van der Waals surface area contributed by atoms with Gasteiger partial charge in [0.25, 0.3) is 0 Å². The molecule has 4 nitrogen and oxygen atoms in total. The van der Waals surface area contributed by atoms with Crippen molar-refractivity contribution in [3.05, 3.63) is 53.1 Å². The number of nitrogens with zero attached hydrogens (tertiary/aromatic N) is 2. The number of aromatic nitrogens is 3.